The molecule has 0 aliphatic heterocycles. The Morgan fingerprint density at radius 1 is 0.650 bits per heavy atom. The molecule has 0 N–H and O–H groups in total. The lowest BCUT2D eigenvalue weighted by molar-refractivity contribution is 0.856. The molecule has 0 bridgehead atoms. The fourth-order valence-electron chi connectivity index (χ4n) is 2.19. The molecule has 2 aromatic carbocycles. The van der Waals surface area contributed by atoms with Crippen LogP contribution in [-0.2, 0) is 0 Å². The van der Waals surface area contributed by atoms with Crippen LogP contribution in [0.15, 0.2) is 48.5 Å². The van der Waals surface area contributed by atoms with Gasteiger partial charge in [-0.2, -0.15) is 0 Å². The number of hydrogen-bond donors (Lipinski definition) is 0. The Kier molecular flexibility index (Phi) is 6.51. The minimum Gasteiger partial charge on any atom is -0.0620 e. The van der Waals surface area contributed by atoms with Crippen LogP contribution in [0.3, 0.4) is 0 Å². The minimum absolute atomic E-state index is 0.653. The number of aryl methyl sites for hydroxylation is 2. The highest BCUT2D eigenvalue weighted by Gasteiger charge is 1.99. The standard InChI is InChI=1S/2C10H14/c1-8(2)10-6-4-9(3)5-7-10;1-8(2)10-7-5-4-6-9(10)3/h2*4-8H,1-3H3. The quantitative estimate of drug-likeness (QED) is 0.605. The summed E-state index contributed by atoms with van der Waals surface area (Å²) in [5.41, 5.74) is 5.62. The Morgan fingerprint density at radius 2 is 1.20 bits per heavy atom. The molecule has 0 saturated carbocycles. The first kappa shape index (κ1) is 16.5. The van der Waals surface area contributed by atoms with Crippen molar-refractivity contribution in [2.24, 2.45) is 0 Å². The van der Waals surface area contributed by atoms with Crippen molar-refractivity contribution in [1.29, 1.82) is 0 Å². The molecule has 0 aliphatic carbocycles. The number of rotatable bonds is 2. The summed E-state index contributed by atoms with van der Waals surface area (Å²) >= 11 is 0. The summed E-state index contributed by atoms with van der Waals surface area (Å²) in [5.74, 6) is 1.31. The summed E-state index contributed by atoms with van der Waals surface area (Å²) in [7, 11) is 0. The topological polar surface area (TPSA) is 0 Å². The Balaban J connectivity index is 0.000000200. The highest BCUT2D eigenvalue weighted by Crippen LogP contribution is 2.17. The van der Waals surface area contributed by atoms with E-state index in [9.17, 15) is 0 Å². The molecule has 0 spiro atoms. The van der Waals surface area contributed by atoms with E-state index < -0.39 is 0 Å². The first-order chi connectivity index (χ1) is 9.41. The molecule has 108 valence electrons. The summed E-state index contributed by atoms with van der Waals surface area (Å²) in [5, 5.41) is 0. The van der Waals surface area contributed by atoms with E-state index in [0.29, 0.717) is 11.8 Å². The molecule has 0 saturated heterocycles. The molecule has 20 heavy (non-hydrogen) atoms. The van der Waals surface area contributed by atoms with Gasteiger partial charge in [0.1, 0.15) is 0 Å². The SMILES string of the molecule is Cc1ccc(C(C)C)cc1.Cc1ccccc1C(C)C. The smallest absolute Gasteiger partial charge is 0.0216 e. The van der Waals surface area contributed by atoms with Gasteiger partial charge in [-0.05, 0) is 42.4 Å². The predicted molar refractivity (Wildman–Crippen MR) is 90.5 cm³/mol. The van der Waals surface area contributed by atoms with Crippen LogP contribution in [0.5, 0.6) is 0 Å². The van der Waals surface area contributed by atoms with Crippen LogP contribution in [0, 0.1) is 13.8 Å². The van der Waals surface area contributed by atoms with Crippen molar-refractivity contribution >= 4 is 0 Å². The molecule has 2 aromatic rings. The van der Waals surface area contributed by atoms with Crippen LogP contribution < -0.4 is 0 Å². The summed E-state index contributed by atoms with van der Waals surface area (Å²) < 4.78 is 0. The molecule has 0 radical (unpaired) electrons. The summed E-state index contributed by atoms with van der Waals surface area (Å²) in [6.45, 7) is 13.2. The van der Waals surface area contributed by atoms with E-state index in [1.165, 1.54) is 22.3 Å². The van der Waals surface area contributed by atoms with Gasteiger partial charge in [0.05, 0.1) is 0 Å². The molecule has 0 nitrogen and oxygen atoms in total. The van der Waals surface area contributed by atoms with Gasteiger partial charge in [-0.25, -0.2) is 0 Å². The second-order valence-corrected chi connectivity index (χ2v) is 6.08. The molecule has 0 atom stereocenters. The van der Waals surface area contributed by atoms with Crippen LogP contribution in [0.4, 0.5) is 0 Å². The highest BCUT2D eigenvalue weighted by molar-refractivity contribution is 5.28. The monoisotopic (exact) mass is 268 g/mol. The van der Waals surface area contributed by atoms with Crippen molar-refractivity contribution in [2.45, 2.75) is 53.4 Å². The maximum Gasteiger partial charge on any atom is -0.0216 e. The molecule has 0 aliphatic rings. The van der Waals surface area contributed by atoms with Gasteiger partial charge in [0.25, 0.3) is 0 Å². The van der Waals surface area contributed by atoms with Crippen LogP contribution in [0.2, 0.25) is 0 Å². The Morgan fingerprint density at radius 3 is 1.60 bits per heavy atom. The second-order valence-electron chi connectivity index (χ2n) is 6.08. The van der Waals surface area contributed by atoms with E-state index in [4.69, 9.17) is 0 Å². The van der Waals surface area contributed by atoms with Crippen LogP contribution >= 0.6 is 0 Å². The molecule has 0 fully saturated rings. The zero-order valence-electron chi connectivity index (χ0n) is 13.8. The van der Waals surface area contributed by atoms with Gasteiger partial charge in [0.15, 0.2) is 0 Å². The second kappa shape index (κ2) is 7.89. The van der Waals surface area contributed by atoms with Crippen molar-refractivity contribution in [2.75, 3.05) is 0 Å². The maximum atomic E-state index is 2.22. The highest BCUT2D eigenvalue weighted by atomic mass is 14.0. The van der Waals surface area contributed by atoms with E-state index in [2.05, 4.69) is 90.1 Å². The van der Waals surface area contributed by atoms with Crippen LogP contribution in [0.25, 0.3) is 0 Å². The van der Waals surface area contributed by atoms with E-state index in [0.717, 1.165) is 0 Å². The molecular formula is C20H28. The Hall–Kier alpha value is -1.56. The molecule has 0 heteroatoms. The minimum atomic E-state index is 0.653. The lowest BCUT2D eigenvalue weighted by atomic mass is 9.99. The lowest BCUT2D eigenvalue weighted by Crippen LogP contribution is -1.89. The van der Waals surface area contributed by atoms with E-state index >= 15 is 0 Å². The lowest BCUT2D eigenvalue weighted by Gasteiger charge is -2.07. The fourth-order valence-corrected chi connectivity index (χ4v) is 2.19. The van der Waals surface area contributed by atoms with E-state index in [-0.39, 0.29) is 0 Å². The third-order valence-electron chi connectivity index (χ3n) is 3.55. The van der Waals surface area contributed by atoms with Crippen LogP contribution in [-0.4, -0.2) is 0 Å². The van der Waals surface area contributed by atoms with E-state index in [1.54, 1.807) is 0 Å². The number of benzene rings is 2. The van der Waals surface area contributed by atoms with Crippen molar-refractivity contribution < 1.29 is 0 Å². The van der Waals surface area contributed by atoms with E-state index in [1.807, 2.05) is 0 Å². The third-order valence-corrected chi connectivity index (χ3v) is 3.55. The zero-order valence-corrected chi connectivity index (χ0v) is 13.8. The van der Waals surface area contributed by atoms with Gasteiger partial charge in [0.2, 0.25) is 0 Å². The molecule has 0 unspecified atom stereocenters. The van der Waals surface area contributed by atoms with Crippen LogP contribution in [0.1, 0.15) is 61.8 Å². The summed E-state index contributed by atoms with van der Waals surface area (Å²) in [6.07, 6.45) is 0. The Labute approximate surface area is 124 Å². The molecular weight excluding hydrogens is 240 g/mol. The van der Waals surface area contributed by atoms with Gasteiger partial charge >= 0.3 is 0 Å². The maximum absolute atomic E-state index is 2.22. The molecule has 0 heterocycles. The first-order valence-electron chi connectivity index (χ1n) is 7.54. The fraction of sp³-hybridized carbons (Fsp3) is 0.400. The number of hydrogen-bond acceptors (Lipinski definition) is 0. The van der Waals surface area contributed by atoms with Gasteiger partial charge < -0.3 is 0 Å². The van der Waals surface area contributed by atoms with Crippen molar-refractivity contribution in [3.8, 4) is 0 Å². The summed E-state index contributed by atoms with van der Waals surface area (Å²) in [6, 6.07) is 17.3. The average Bonchev–Trinajstić information content (AvgIpc) is 2.40. The van der Waals surface area contributed by atoms with Gasteiger partial charge in [-0.3, -0.25) is 0 Å². The first-order valence-corrected chi connectivity index (χ1v) is 7.54. The Bertz CT molecular complexity index is 504. The van der Waals surface area contributed by atoms with Gasteiger partial charge in [0, 0.05) is 0 Å². The largest absolute Gasteiger partial charge is 0.0620 e. The predicted octanol–water partition coefficient (Wildman–Crippen LogP) is 6.24. The molecule has 0 amide bonds. The molecule has 2 rings (SSSR count). The third kappa shape index (κ3) is 5.21. The van der Waals surface area contributed by atoms with Crippen molar-refractivity contribution in [3.05, 3.63) is 70.8 Å². The van der Waals surface area contributed by atoms with Crippen molar-refractivity contribution in [3.63, 3.8) is 0 Å². The zero-order chi connectivity index (χ0) is 15.1. The summed E-state index contributed by atoms with van der Waals surface area (Å²) in [4.78, 5) is 0. The van der Waals surface area contributed by atoms with Crippen molar-refractivity contribution in [1.82, 2.24) is 0 Å². The van der Waals surface area contributed by atoms with Gasteiger partial charge in [-0.1, -0.05) is 81.8 Å². The van der Waals surface area contributed by atoms with Gasteiger partial charge in [-0.15, -0.1) is 0 Å². The molecule has 0 aromatic heterocycles. The normalized spacial score (nSPS) is 10.4. The average molecular weight is 268 g/mol.